The normalized spacial score (nSPS) is 10.6. The Balaban J connectivity index is 2.19. The number of rotatable bonds is 4. The third kappa shape index (κ3) is 2.81. The first-order valence-electron chi connectivity index (χ1n) is 5.78. The number of aromatic nitrogens is 2. The van der Waals surface area contributed by atoms with Crippen molar-refractivity contribution in [2.24, 2.45) is 7.05 Å². The Morgan fingerprint density at radius 3 is 2.84 bits per heavy atom. The monoisotopic (exact) mass is 283 g/mol. The van der Waals surface area contributed by atoms with Crippen LogP contribution in [0.15, 0.2) is 18.2 Å². The maximum atomic E-state index is 13.6. The highest BCUT2D eigenvalue weighted by Gasteiger charge is 2.14. The van der Waals surface area contributed by atoms with E-state index >= 15 is 0 Å². The molecule has 2 aromatic rings. The molecule has 0 fully saturated rings. The molecule has 1 aromatic heterocycles. The number of methoxy groups -OCH3 is 1. The summed E-state index contributed by atoms with van der Waals surface area (Å²) in [6.45, 7) is 2.32. The van der Waals surface area contributed by atoms with Crippen LogP contribution in [0.3, 0.4) is 0 Å². The molecule has 0 saturated carbocycles. The molecule has 0 aliphatic carbocycles. The first-order valence-corrected chi connectivity index (χ1v) is 6.16. The van der Waals surface area contributed by atoms with Gasteiger partial charge < -0.3 is 10.1 Å². The molecule has 0 spiro atoms. The Hall–Kier alpha value is -1.75. The number of anilines is 1. The van der Waals surface area contributed by atoms with Gasteiger partial charge in [0, 0.05) is 18.6 Å². The van der Waals surface area contributed by atoms with Gasteiger partial charge in [0.15, 0.2) is 0 Å². The van der Waals surface area contributed by atoms with Crippen LogP contribution < -0.4 is 10.1 Å². The zero-order valence-corrected chi connectivity index (χ0v) is 11.8. The Morgan fingerprint density at radius 2 is 2.21 bits per heavy atom. The van der Waals surface area contributed by atoms with Crippen LogP contribution in [0.5, 0.6) is 5.88 Å². The number of nitrogens with zero attached hydrogens (tertiary/aromatic N) is 2. The lowest BCUT2D eigenvalue weighted by Crippen LogP contribution is -2.04. The number of nitrogens with one attached hydrogen (secondary N) is 1. The maximum Gasteiger partial charge on any atom is 0.216 e. The van der Waals surface area contributed by atoms with Crippen LogP contribution in [0, 0.1) is 12.7 Å². The van der Waals surface area contributed by atoms with Gasteiger partial charge in [0.05, 0.1) is 24.1 Å². The molecule has 102 valence electrons. The molecule has 0 atom stereocenters. The minimum Gasteiger partial charge on any atom is -0.481 e. The minimum atomic E-state index is -0.381. The van der Waals surface area contributed by atoms with Crippen LogP contribution in [0.4, 0.5) is 10.1 Å². The zero-order chi connectivity index (χ0) is 14.0. The molecule has 0 saturated heterocycles. The van der Waals surface area contributed by atoms with Gasteiger partial charge in [-0.15, -0.1) is 0 Å². The smallest absolute Gasteiger partial charge is 0.216 e. The standard InChI is InChI=1S/C13H15ClFN3O/c1-8-10(13(19-3)18(2)17-8)7-16-12-5-4-9(14)6-11(12)15/h4-6,16H,7H2,1-3H3. The molecular formula is C13H15ClFN3O. The van der Waals surface area contributed by atoms with E-state index in [0.29, 0.717) is 23.1 Å². The summed E-state index contributed by atoms with van der Waals surface area (Å²) >= 11 is 5.71. The van der Waals surface area contributed by atoms with Crippen molar-refractivity contribution >= 4 is 17.3 Å². The molecule has 19 heavy (non-hydrogen) atoms. The molecule has 0 aliphatic heterocycles. The molecule has 2 rings (SSSR count). The van der Waals surface area contributed by atoms with E-state index in [4.69, 9.17) is 16.3 Å². The maximum absolute atomic E-state index is 13.6. The molecule has 0 unspecified atom stereocenters. The molecule has 1 N–H and O–H groups in total. The fourth-order valence-electron chi connectivity index (χ4n) is 1.96. The molecule has 1 heterocycles. The Kier molecular flexibility index (Phi) is 3.95. The lowest BCUT2D eigenvalue weighted by atomic mass is 10.2. The molecule has 4 nitrogen and oxygen atoms in total. The highest BCUT2D eigenvalue weighted by molar-refractivity contribution is 6.30. The fraction of sp³-hybridized carbons (Fsp3) is 0.308. The van der Waals surface area contributed by atoms with Crippen LogP contribution >= 0.6 is 11.6 Å². The van der Waals surface area contributed by atoms with Crippen molar-refractivity contribution in [3.05, 3.63) is 40.3 Å². The molecule has 0 bridgehead atoms. The molecule has 0 radical (unpaired) electrons. The summed E-state index contributed by atoms with van der Waals surface area (Å²) in [6.07, 6.45) is 0. The van der Waals surface area contributed by atoms with E-state index in [1.165, 1.54) is 6.07 Å². The van der Waals surface area contributed by atoms with Crippen LogP contribution in [0.1, 0.15) is 11.3 Å². The van der Waals surface area contributed by atoms with Crippen molar-refractivity contribution in [1.29, 1.82) is 0 Å². The first kappa shape index (κ1) is 13.7. The van der Waals surface area contributed by atoms with Gasteiger partial charge in [-0.2, -0.15) is 5.10 Å². The zero-order valence-electron chi connectivity index (χ0n) is 11.0. The quantitative estimate of drug-likeness (QED) is 0.937. The van der Waals surface area contributed by atoms with Crippen LogP contribution in [0.25, 0.3) is 0 Å². The van der Waals surface area contributed by atoms with E-state index < -0.39 is 0 Å². The van der Waals surface area contributed by atoms with Gasteiger partial charge in [0.25, 0.3) is 0 Å². The van der Waals surface area contributed by atoms with Gasteiger partial charge in [-0.05, 0) is 25.1 Å². The number of aryl methyl sites for hydroxylation is 2. The van der Waals surface area contributed by atoms with Crippen molar-refractivity contribution in [3.8, 4) is 5.88 Å². The van der Waals surface area contributed by atoms with Crippen LogP contribution in [-0.4, -0.2) is 16.9 Å². The topological polar surface area (TPSA) is 39.1 Å². The van der Waals surface area contributed by atoms with Gasteiger partial charge in [-0.25, -0.2) is 9.07 Å². The predicted molar refractivity (Wildman–Crippen MR) is 73.2 cm³/mol. The SMILES string of the molecule is COc1c(CNc2ccc(Cl)cc2F)c(C)nn1C. The van der Waals surface area contributed by atoms with Crippen molar-refractivity contribution in [2.75, 3.05) is 12.4 Å². The Morgan fingerprint density at radius 1 is 1.47 bits per heavy atom. The molecular weight excluding hydrogens is 269 g/mol. The summed E-state index contributed by atoms with van der Waals surface area (Å²) < 4.78 is 20.6. The molecule has 0 amide bonds. The molecule has 1 aromatic carbocycles. The molecule has 6 heteroatoms. The summed E-state index contributed by atoms with van der Waals surface area (Å²) in [4.78, 5) is 0. The lowest BCUT2D eigenvalue weighted by molar-refractivity contribution is 0.369. The van der Waals surface area contributed by atoms with E-state index in [9.17, 15) is 4.39 Å². The lowest BCUT2D eigenvalue weighted by Gasteiger charge is -2.09. The highest BCUT2D eigenvalue weighted by Crippen LogP contribution is 2.24. The third-order valence-corrected chi connectivity index (χ3v) is 3.10. The average Bonchev–Trinajstić information content (AvgIpc) is 2.62. The number of hydrogen-bond acceptors (Lipinski definition) is 3. The highest BCUT2D eigenvalue weighted by atomic mass is 35.5. The van der Waals surface area contributed by atoms with Crippen LogP contribution in [0.2, 0.25) is 5.02 Å². The van der Waals surface area contributed by atoms with E-state index in [1.54, 1.807) is 31.0 Å². The summed E-state index contributed by atoms with van der Waals surface area (Å²) in [6, 6.07) is 4.52. The fourth-order valence-corrected chi connectivity index (χ4v) is 2.11. The van der Waals surface area contributed by atoms with Gasteiger partial charge in [0.1, 0.15) is 5.82 Å². The summed E-state index contributed by atoms with van der Waals surface area (Å²) in [7, 11) is 3.39. The van der Waals surface area contributed by atoms with Gasteiger partial charge >= 0.3 is 0 Å². The first-order chi connectivity index (χ1) is 9.02. The summed E-state index contributed by atoms with van der Waals surface area (Å²) in [5.74, 6) is 0.285. The minimum absolute atomic E-state index is 0.373. The van der Waals surface area contributed by atoms with Gasteiger partial charge in [0.2, 0.25) is 5.88 Å². The second kappa shape index (κ2) is 5.48. The van der Waals surface area contributed by atoms with Crippen molar-refractivity contribution < 1.29 is 9.13 Å². The van der Waals surface area contributed by atoms with Crippen molar-refractivity contribution in [3.63, 3.8) is 0 Å². The van der Waals surface area contributed by atoms with Crippen molar-refractivity contribution in [2.45, 2.75) is 13.5 Å². The van der Waals surface area contributed by atoms with Crippen molar-refractivity contribution in [1.82, 2.24) is 9.78 Å². The number of hydrogen-bond donors (Lipinski definition) is 1. The third-order valence-electron chi connectivity index (χ3n) is 2.87. The second-order valence-corrected chi connectivity index (χ2v) is 4.61. The number of ether oxygens (including phenoxy) is 1. The molecule has 0 aliphatic rings. The summed E-state index contributed by atoms with van der Waals surface area (Å²) in [5, 5.41) is 7.66. The van der Waals surface area contributed by atoms with Gasteiger partial charge in [-0.3, -0.25) is 0 Å². The Labute approximate surface area is 116 Å². The van der Waals surface area contributed by atoms with Crippen LogP contribution in [-0.2, 0) is 13.6 Å². The Bertz CT molecular complexity index is 598. The van der Waals surface area contributed by atoms with Gasteiger partial charge in [-0.1, -0.05) is 11.6 Å². The van der Waals surface area contributed by atoms with E-state index in [0.717, 1.165) is 11.3 Å². The number of benzene rings is 1. The van der Waals surface area contributed by atoms with E-state index in [1.807, 2.05) is 6.92 Å². The summed E-state index contributed by atoms with van der Waals surface area (Å²) in [5.41, 5.74) is 2.15. The largest absolute Gasteiger partial charge is 0.481 e. The predicted octanol–water partition coefficient (Wildman–Crippen LogP) is 3.14. The average molecular weight is 284 g/mol. The second-order valence-electron chi connectivity index (χ2n) is 4.17. The van der Waals surface area contributed by atoms with E-state index in [-0.39, 0.29) is 5.82 Å². The number of halogens is 2. The van der Waals surface area contributed by atoms with E-state index in [2.05, 4.69) is 10.4 Å².